The monoisotopic (exact) mass is 344 g/mol. The Morgan fingerprint density at radius 1 is 1.04 bits per heavy atom. The van der Waals surface area contributed by atoms with Gasteiger partial charge in [-0.3, -0.25) is 9.69 Å². The lowest BCUT2D eigenvalue weighted by atomic mass is 10.2. The highest BCUT2D eigenvalue weighted by Gasteiger charge is 2.10. The summed E-state index contributed by atoms with van der Waals surface area (Å²) >= 11 is 0. The van der Waals surface area contributed by atoms with Crippen molar-refractivity contribution in [1.82, 2.24) is 4.90 Å². The van der Waals surface area contributed by atoms with Crippen LogP contribution in [0.4, 0.5) is 5.69 Å². The molecule has 1 N–H and O–H groups in total. The minimum atomic E-state index is -0.102. The Morgan fingerprint density at radius 3 is 2.44 bits per heavy atom. The highest BCUT2D eigenvalue weighted by Crippen LogP contribution is 2.29. The van der Waals surface area contributed by atoms with Gasteiger partial charge in [-0.25, -0.2) is 0 Å². The van der Waals surface area contributed by atoms with Crippen molar-refractivity contribution in [1.29, 1.82) is 0 Å². The fourth-order valence-corrected chi connectivity index (χ4v) is 2.27. The maximum absolute atomic E-state index is 12.1. The molecule has 0 bridgehead atoms. The van der Waals surface area contributed by atoms with Gasteiger partial charge in [0, 0.05) is 18.3 Å². The van der Waals surface area contributed by atoms with Crippen molar-refractivity contribution < 1.29 is 19.0 Å². The fourth-order valence-electron chi connectivity index (χ4n) is 2.27. The van der Waals surface area contributed by atoms with E-state index in [0.717, 1.165) is 5.75 Å². The Labute approximate surface area is 148 Å². The molecule has 0 saturated carbocycles. The molecule has 0 saturated heterocycles. The number of carbonyl (C=O) groups excluding carboxylic acids is 1. The van der Waals surface area contributed by atoms with Gasteiger partial charge in [0.15, 0.2) is 11.5 Å². The van der Waals surface area contributed by atoms with Gasteiger partial charge in [0.25, 0.3) is 0 Å². The van der Waals surface area contributed by atoms with E-state index in [-0.39, 0.29) is 12.5 Å². The van der Waals surface area contributed by atoms with Gasteiger partial charge in [-0.15, -0.1) is 0 Å². The van der Waals surface area contributed by atoms with E-state index in [1.54, 1.807) is 32.4 Å². The molecule has 0 aliphatic carbocycles. The third-order valence-electron chi connectivity index (χ3n) is 3.57. The van der Waals surface area contributed by atoms with Crippen molar-refractivity contribution >= 4 is 11.6 Å². The molecule has 6 heteroatoms. The topological polar surface area (TPSA) is 60.0 Å². The van der Waals surface area contributed by atoms with Gasteiger partial charge in [-0.1, -0.05) is 18.2 Å². The summed E-state index contributed by atoms with van der Waals surface area (Å²) in [6.07, 6.45) is 0. The molecule has 0 fully saturated rings. The zero-order valence-electron chi connectivity index (χ0n) is 14.8. The summed E-state index contributed by atoms with van der Waals surface area (Å²) < 4.78 is 16.0. The summed E-state index contributed by atoms with van der Waals surface area (Å²) in [5.74, 6) is 1.92. The second-order valence-electron chi connectivity index (χ2n) is 5.52. The van der Waals surface area contributed by atoms with E-state index in [2.05, 4.69) is 5.32 Å². The van der Waals surface area contributed by atoms with Crippen molar-refractivity contribution in [2.45, 2.75) is 0 Å². The zero-order valence-corrected chi connectivity index (χ0v) is 14.8. The number of rotatable bonds is 9. The normalized spacial score (nSPS) is 10.4. The average Bonchev–Trinajstić information content (AvgIpc) is 2.62. The maximum Gasteiger partial charge on any atom is 0.238 e. The molecule has 134 valence electrons. The first-order valence-corrected chi connectivity index (χ1v) is 8.00. The highest BCUT2D eigenvalue weighted by atomic mass is 16.5. The molecule has 0 aliphatic heterocycles. The minimum absolute atomic E-state index is 0.102. The summed E-state index contributed by atoms with van der Waals surface area (Å²) in [5, 5.41) is 2.85. The quantitative estimate of drug-likeness (QED) is 0.758. The van der Waals surface area contributed by atoms with Crippen molar-refractivity contribution in [2.75, 3.05) is 46.3 Å². The lowest BCUT2D eigenvalue weighted by molar-refractivity contribution is -0.117. The van der Waals surface area contributed by atoms with E-state index in [0.29, 0.717) is 30.3 Å². The van der Waals surface area contributed by atoms with E-state index in [1.807, 2.05) is 42.3 Å². The van der Waals surface area contributed by atoms with Crippen LogP contribution in [0.1, 0.15) is 0 Å². The predicted octanol–water partition coefficient (Wildman–Crippen LogP) is 2.65. The molecule has 0 aromatic heterocycles. The van der Waals surface area contributed by atoms with Crippen LogP contribution in [0.15, 0.2) is 48.5 Å². The van der Waals surface area contributed by atoms with Gasteiger partial charge in [-0.05, 0) is 31.3 Å². The number of nitrogens with one attached hydrogen (secondary N) is 1. The van der Waals surface area contributed by atoms with Gasteiger partial charge in [0.05, 0.1) is 20.8 Å². The average molecular weight is 344 g/mol. The molecule has 1 amide bonds. The van der Waals surface area contributed by atoms with Gasteiger partial charge < -0.3 is 19.5 Å². The first-order valence-electron chi connectivity index (χ1n) is 8.00. The molecule has 2 rings (SSSR count). The van der Waals surface area contributed by atoms with E-state index >= 15 is 0 Å². The number of benzene rings is 2. The van der Waals surface area contributed by atoms with Crippen molar-refractivity contribution in [2.24, 2.45) is 0 Å². The van der Waals surface area contributed by atoms with Gasteiger partial charge in [0.1, 0.15) is 12.4 Å². The molecule has 0 radical (unpaired) electrons. The van der Waals surface area contributed by atoms with Crippen LogP contribution < -0.4 is 19.5 Å². The molecule has 2 aromatic rings. The number of hydrogen-bond acceptors (Lipinski definition) is 5. The molecule has 6 nitrogen and oxygen atoms in total. The summed E-state index contributed by atoms with van der Waals surface area (Å²) in [4.78, 5) is 14.0. The first-order chi connectivity index (χ1) is 12.1. The Bertz CT molecular complexity index is 676. The molecule has 0 unspecified atom stereocenters. The number of hydrogen-bond donors (Lipinski definition) is 1. The van der Waals surface area contributed by atoms with Gasteiger partial charge in [0.2, 0.25) is 5.91 Å². The Hall–Kier alpha value is -2.73. The van der Waals surface area contributed by atoms with Gasteiger partial charge >= 0.3 is 0 Å². The van der Waals surface area contributed by atoms with Crippen molar-refractivity contribution in [3.63, 3.8) is 0 Å². The second kappa shape index (κ2) is 9.54. The molecule has 0 atom stereocenters. The lowest BCUT2D eigenvalue weighted by Gasteiger charge is -2.17. The van der Waals surface area contributed by atoms with Crippen LogP contribution in [0.2, 0.25) is 0 Å². The Kier molecular flexibility index (Phi) is 7.10. The van der Waals surface area contributed by atoms with Crippen LogP contribution in [0.25, 0.3) is 0 Å². The summed E-state index contributed by atoms with van der Waals surface area (Å²) in [6, 6.07) is 14.9. The number of likely N-dealkylation sites (N-methyl/N-ethyl adjacent to an activating group) is 1. The van der Waals surface area contributed by atoms with Crippen molar-refractivity contribution in [3.8, 4) is 17.2 Å². The summed E-state index contributed by atoms with van der Waals surface area (Å²) in [7, 11) is 5.01. The largest absolute Gasteiger partial charge is 0.493 e. The molecule has 0 heterocycles. The SMILES string of the molecule is COc1ccc(NC(=O)CN(C)CCOc2ccccc2)cc1OC. The Morgan fingerprint density at radius 2 is 1.76 bits per heavy atom. The minimum Gasteiger partial charge on any atom is -0.493 e. The number of methoxy groups -OCH3 is 2. The molecular weight excluding hydrogens is 320 g/mol. The smallest absolute Gasteiger partial charge is 0.238 e. The van der Waals surface area contributed by atoms with Crippen molar-refractivity contribution in [3.05, 3.63) is 48.5 Å². The van der Waals surface area contributed by atoms with Crippen LogP contribution >= 0.6 is 0 Å². The van der Waals surface area contributed by atoms with E-state index in [9.17, 15) is 4.79 Å². The first kappa shape index (κ1) is 18.6. The Balaban J connectivity index is 1.77. The predicted molar refractivity (Wildman–Crippen MR) is 97.6 cm³/mol. The van der Waals surface area contributed by atoms with E-state index in [4.69, 9.17) is 14.2 Å². The molecule has 0 spiro atoms. The maximum atomic E-state index is 12.1. The third kappa shape index (κ3) is 6.00. The van der Waals surface area contributed by atoms with Crippen LogP contribution in [0, 0.1) is 0 Å². The van der Waals surface area contributed by atoms with E-state index in [1.165, 1.54) is 0 Å². The van der Waals surface area contributed by atoms with Gasteiger partial charge in [-0.2, -0.15) is 0 Å². The third-order valence-corrected chi connectivity index (χ3v) is 3.57. The van der Waals surface area contributed by atoms with Crippen LogP contribution in [0.5, 0.6) is 17.2 Å². The lowest BCUT2D eigenvalue weighted by Crippen LogP contribution is -2.33. The van der Waals surface area contributed by atoms with Crippen LogP contribution in [-0.2, 0) is 4.79 Å². The number of nitrogens with zero attached hydrogens (tertiary/aromatic N) is 1. The van der Waals surface area contributed by atoms with Crippen LogP contribution in [0.3, 0.4) is 0 Å². The molecule has 0 aliphatic rings. The second-order valence-corrected chi connectivity index (χ2v) is 5.52. The standard InChI is InChI=1S/C19H24N2O4/c1-21(11-12-25-16-7-5-4-6-8-16)14-19(22)20-15-9-10-17(23-2)18(13-15)24-3/h4-10,13H,11-12,14H2,1-3H3,(H,20,22). The summed E-state index contributed by atoms with van der Waals surface area (Å²) in [5.41, 5.74) is 0.664. The highest BCUT2D eigenvalue weighted by molar-refractivity contribution is 5.92. The number of amides is 1. The molecule has 25 heavy (non-hydrogen) atoms. The molecule has 2 aromatic carbocycles. The number of carbonyl (C=O) groups is 1. The molecular formula is C19H24N2O4. The number of anilines is 1. The van der Waals surface area contributed by atoms with Crippen LogP contribution in [-0.4, -0.2) is 51.8 Å². The number of ether oxygens (including phenoxy) is 3. The number of para-hydroxylation sites is 1. The fraction of sp³-hybridized carbons (Fsp3) is 0.316. The summed E-state index contributed by atoms with van der Waals surface area (Å²) in [6.45, 7) is 1.44. The zero-order chi connectivity index (χ0) is 18.1. The van der Waals surface area contributed by atoms with E-state index < -0.39 is 0 Å².